The Morgan fingerprint density at radius 1 is 1.09 bits per heavy atom. The number of anilines is 3. The number of fused-ring (bicyclic) bond motifs is 1. The van der Waals surface area contributed by atoms with Gasteiger partial charge in [-0.05, 0) is 37.0 Å². The molecule has 0 aliphatic carbocycles. The molecule has 0 unspecified atom stereocenters. The number of hydrogen-bond donors (Lipinski definition) is 1. The Hall–Kier alpha value is -2.62. The van der Waals surface area contributed by atoms with Crippen molar-refractivity contribution in [1.29, 1.82) is 0 Å². The summed E-state index contributed by atoms with van der Waals surface area (Å²) in [5.74, 6) is 1.43. The van der Waals surface area contributed by atoms with E-state index in [1.54, 1.807) is 12.3 Å². The van der Waals surface area contributed by atoms with Gasteiger partial charge < -0.3 is 15.0 Å². The van der Waals surface area contributed by atoms with Gasteiger partial charge in [-0.2, -0.15) is 0 Å². The van der Waals surface area contributed by atoms with Crippen LogP contribution in [0.25, 0.3) is 11.0 Å². The van der Waals surface area contributed by atoms with Crippen molar-refractivity contribution in [2.45, 2.75) is 12.8 Å². The summed E-state index contributed by atoms with van der Waals surface area (Å²) in [7, 11) is 0. The Kier molecular flexibility index (Phi) is 6.29. The number of benzene rings is 1. The van der Waals surface area contributed by atoms with E-state index >= 15 is 0 Å². The molecule has 2 aliphatic heterocycles. The van der Waals surface area contributed by atoms with E-state index in [4.69, 9.17) is 21.3 Å². The van der Waals surface area contributed by atoms with Gasteiger partial charge in [-0.1, -0.05) is 11.6 Å². The molecule has 4 heterocycles. The van der Waals surface area contributed by atoms with Crippen molar-refractivity contribution >= 4 is 40.1 Å². The fraction of sp³-hybridized carbons (Fsp3) is 0.455. The summed E-state index contributed by atoms with van der Waals surface area (Å²) in [5, 5.41) is 3.22. The van der Waals surface area contributed by atoms with E-state index in [2.05, 4.69) is 30.1 Å². The summed E-state index contributed by atoms with van der Waals surface area (Å²) in [4.78, 5) is 22.7. The van der Waals surface area contributed by atoms with Crippen LogP contribution in [-0.4, -0.2) is 70.8 Å². The Morgan fingerprint density at radius 3 is 2.69 bits per heavy atom. The summed E-state index contributed by atoms with van der Waals surface area (Å²) in [5.41, 5.74) is 1.88. The predicted molar refractivity (Wildman–Crippen MR) is 122 cm³/mol. The maximum absolute atomic E-state index is 13.5. The second-order valence-electron chi connectivity index (χ2n) is 8.22. The van der Waals surface area contributed by atoms with Gasteiger partial charge in [-0.3, -0.25) is 4.90 Å². The zero-order valence-corrected chi connectivity index (χ0v) is 18.4. The highest BCUT2D eigenvalue weighted by atomic mass is 35.5. The zero-order valence-electron chi connectivity index (χ0n) is 17.7. The van der Waals surface area contributed by atoms with Gasteiger partial charge in [0, 0.05) is 38.4 Å². The molecule has 0 spiro atoms. The lowest BCUT2D eigenvalue weighted by atomic mass is 9.96. The van der Waals surface area contributed by atoms with Gasteiger partial charge in [0.1, 0.15) is 23.2 Å². The van der Waals surface area contributed by atoms with E-state index in [0.29, 0.717) is 34.4 Å². The van der Waals surface area contributed by atoms with Crippen molar-refractivity contribution in [3.8, 4) is 0 Å². The largest absolute Gasteiger partial charge is 0.379 e. The minimum Gasteiger partial charge on any atom is -0.379 e. The standard InChI is InChI=1S/C22H25ClFN7O/c23-17-11-16(1-2-18(17)24)28-21-20-19(26-14-27-21)12-25-22(29-20)31-5-3-15(4-6-31)13-30-7-9-32-10-8-30/h1-2,11-12,14-15H,3-10,13H2,(H,26,27,28). The smallest absolute Gasteiger partial charge is 0.226 e. The fourth-order valence-corrected chi connectivity index (χ4v) is 4.44. The van der Waals surface area contributed by atoms with Gasteiger partial charge in [-0.25, -0.2) is 24.3 Å². The van der Waals surface area contributed by atoms with Crippen LogP contribution < -0.4 is 10.2 Å². The average molecular weight is 458 g/mol. The van der Waals surface area contributed by atoms with E-state index in [-0.39, 0.29) is 5.02 Å². The molecule has 0 radical (unpaired) electrons. The van der Waals surface area contributed by atoms with Crippen molar-refractivity contribution in [1.82, 2.24) is 24.8 Å². The molecule has 1 N–H and O–H groups in total. The second kappa shape index (κ2) is 9.48. The third-order valence-corrected chi connectivity index (χ3v) is 6.35. The number of nitrogens with zero attached hydrogens (tertiary/aromatic N) is 6. The zero-order chi connectivity index (χ0) is 21.9. The van der Waals surface area contributed by atoms with E-state index in [9.17, 15) is 4.39 Å². The van der Waals surface area contributed by atoms with Gasteiger partial charge in [0.25, 0.3) is 0 Å². The van der Waals surface area contributed by atoms with Gasteiger partial charge >= 0.3 is 0 Å². The Balaban J connectivity index is 1.30. The highest BCUT2D eigenvalue weighted by Gasteiger charge is 2.24. The van der Waals surface area contributed by atoms with Crippen molar-refractivity contribution in [3.63, 3.8) is 0 Å². The Labute approximate surface area is 190 Å². The number of ether oxygens (including phenoxy) is 1. The monoisotopic (exact) mass is 457 g/mol. The number of halogens is 2. The maximum Gasteiger partial charge on any atom is 0.226 e. The topological polar surface area (TPSA) is 79.3 Å². The minimum atomic E-state index is -0.466. The summed E-state index contributed by atoms with van der Waals surface area (Å²) >= 11 is 5.91. The average Bonchev–Trinajstić information content (AvgIpc) is 2.83. The molecule has 32 heavy (non-hydrogen) atoms. The normalized spacial score (nSPS) is 18.2. The SMILES string of the molecule is Fc1ccc(Nc2ncnc3cnc(N4CCC(CN5CCOCC5)CC4)nc23)cc1Cl. The van der Waals surface area contributed by atoms with E-state index < -0.39 is 5.82 Å². The first-order chi connectivity index (χ1) is 15.7. The molecule has 168 valence electrons. The van der Waals surface area contributed by atoms with Crippen LogP contribution in [0.2, 0.25) is 5.02 Å². The van der Waals surface area contributed by atoms with Crippen molar-refractivity contribution in [3.05, 3.63) is 41.6 Å². The first kappa shape index (κ1) is 21.2. The molecule has 2 fully saturated rings. The van der Waals surface area contributed by atoms with Gasteiger partial charge in [-0.15, -0.1) is 0 Å². The molecule has 2 saturated heterocycles. The van der Waals surface area contributed by atoms with Gasteiger partial charge in [0.2, 0.25) is 5.95 Å². The molecule has 0 bridgehead atoms. The van der Waals surface area contributed by atoms with Crippen LogP contribution in [0.4, 0.5) is 21.8 Å². The van der Waals surface area contributed by atoms with Crippen LogP contribution in [0.15, 0.2) is 30.7 Å². The second-order valence-corrected chi connectivity index (χ2v) is 8.63. The van der Waals surface area contributed by atoms with Crippen LogP contribution >= 0.6 is 11.6 Å². The van der Waals surface area contributed by atoms with E-state index in [1.807, 2.05) is 0 Å². The third kappa shape index (κ3) is 4.74. The summed E-state index contributed by atoms with van der Waals surface area (Å²) in [6, 6.07) is 4.44. The van der Waals surface area contributed by atoms with Crippen LogP contribution in [0.1, 0.15) is 12.8 Å². The highest BCUT2D eigenvalue weighted by molar-refractivity contribution is 6.31. The molecular formula is C22H25ClFN7O. The number of hydrogen-bond acceptors (Lipinski definition) is 8. The van der Waals surface area contributed by atoms with Crippen molar-refractivity contribution in [2.75, 3.05) is 56.2 Å². The third-order valence-electron chi connectivity index (χ3n) is 6.06. The van der Waals surface area contributed by atoms with Crippen LogP contribution in [0, 0.1) is 11.7 Å². The lowest BCUT2D eigenvalue weighted by Crippen LogP contribution is -2.43. The molecule has 10 heteroatoms. The molecule has 3 aromatic rings. The Morgan fingerprint density at radius 2 is 1.91 bits per heavy atom. The first-order valence-electron chi connectivity index (χ1n) is 10.9. The first-order valence-corrected chi connectivity index (χ1v) is 11.3. The van der Waals surface area contributed by atoms with Gasteiger partial charge in [0.05, 0.1) is 24.4 Å². The lowest BCUT2D eigenvalue weighted by molar-refractivity contribution is 0.0289. The summed E-state index contributed by atoms with van der Waals surface area (Å²) in [6.45, 7) is 6.72. The summed E-state index contributed by atoms with van der Waals surface area (Å²) in [6.07, 6.45) is 5.41. The van der Waals surface area contributed by atoms with Crippen LogP contribution in [-0.2, 0) is 4.74 Å². The molecule has 0 amide bonds. The molecule has 0 saturated carbocycles. The number of nitrogens with one attached hydrogen (secondary N) is 1. The highest BCUT2D eigenvalue weighted by Crippen LogP contribution is 2.27. The molecule has 2 aromatic heterocycles. The van der Waals surface area contributed by atoms with Crippen molar-refractivity contribution < 1.29 is 9.13 Å². The van der Waals surface area contributed by atoms with E-state index in [1.165, 1.54) is 18.5 Å². The van der Waals surface area contributed by atoms with Gasteiger partial charge in [0.15, 0.2) is 5.82 Å². The Bertz CT molecular complexity index is 1090. The number of rotatable bonds is 5. The van der Waals surface area contributed by atoms with Crippen molar-refractivity contribution in [2.24, 2.45) is 5.92 Å². The van der Waals surface area contributed by atoms with Crippen LogP contribution in [0.5, 0.6) is 0 Å². The maximum atomic E-state index is 13.5. The molecule has 2 aliphatic rings. The molecular weight excluding hydrogens is 433 g/mol. The van der Waals surface area contributed by atoms with Crippen LogP contribution in [0.3, 0.4) is 0 Å². The molecule has 0 atom stereocenters. The lowest BCUT2D eigenvalue weighted by Gasteiger charge is -2.36. The number of morpholine rings is 1. The molecule has 1 aromatic carbocycles. The summed E-state index contributed by atoms with van der Waals surface area (Å²) < 4.78 is 18.9. The minimum absolute atomic E-state index is 0.0450. The predicted octanol–water partition coefficient (Wildman–Crippen LogP) is 3.50. The molecule has 5 rings (SSSR count). The fourth-order valence-electron chi connectivity index (χ4n) is 4.26. The molecule has 8 nitrogen and oxygen atoms in total. The quantitative estimate of drug-likeness (QED) is 0.623. The number of piperidine rings is 1. The number of aromatic nitrogens is 4. The van der Waals surface area contributed by atoms with E-state index in [0.717, 1.165) is 58.8 Å².